The highest BCUT2D eigenvalue weighted by Gasteiger charge is 2.33. The smallest absolute Gasteiger partial charge is 0.433 e. The van der Waals surface area contributed by atoms with Gasteiger partial charge in [0.25, 0.3) is 0 Å². The van der Waals surface area contributed by atoms with E-state index in [1.54, 1.807) is 29.4 Å². The van der Waals surface area contributed by atoms with E-state index in [0.29, 0.717) is 17.9 Å². The molecule has 2 aromatic heterocycles. The Morgan fingerprint density at radius 1 is 1.07 bits per heavy atom. The van der Waals surface area contributed by atoms with Crippen LogP contribution < -0.4 is 9.64 Å². The zero-order valence-electron chi connectivity index (χ0n) is 14.6. The summed E-state index contributed by atoms with van der Waals surface area (Å²) in [4.78, 5) is 9.54. The lowest BCUT2D eigenvalue weighted by Crippen LogP contribution is -2.26. The van der Waals surface area contributed by atoms with Crippen LogP contribution in [0.4, 0.5) is 19.0 Å². The van der Waals surface area contributed by atoms with Crippen LogP contribution in [0.25, 0.3) is 11.1 Å². The molecule has 0 spiro atoms. The first kappa shape index (κ1) is 18.1. The first-order valence-electron chi connectivity index (χ1n) is 8.60. The van der Waals surface area contributed by atoms with Crippen molar-refractivity contribution in [1.29, 1.82) is 0 Å². The molecule has 8 heteroatoms. The molecule has 4 rings (SSSR count). The van der Waals surface area contributed by atoms with E-state index in [-0.39, 0.29) is 24.7 Å². The van der Waals surface area contributed by atoms with Crippen molar-refractivity contribution in [1.82, 2.24) is 9.97 Å². The average Bonchev–Trinajstić information content (AvgIpc) is 2.91. The summed E-state index contributed by atoms with van der Waals surface area (Å²) in [5.41, 5.74) is 1.28. The Hall–Kier alpha value is -3.29. The van der Waals surface area contributed by atoms with Gasteiger partial charge in [0.2, 0.25) is 0 Å². The summed E-state index contributed by atoms with van der Waals surface area (Å²) in [5.74, 6) is 0.523. The highest BCUT2D eigenvalue weighted by atomic mass is 19.4. The Morgan fingerprint density at radius 3 is 2.68 bits per heavy atom. The molecule has 0 radical (unpaired) electrons. The minimum atomic E-state index is -4.51. The number of hydrogen-bond acceptors (Lipinski definition) is 5. The molecule has 0 fully saturated rings. The Kier molecular flexibility index (Phi) is 4.54. The number of nitrogens with zero attached hydrogens (tertiary/aromatic N) is 3. The van der Waals surface area contributed by atoms with Crippen molar-refractivity contribution >= 4 is 5.82 Å². The maximum Gasteiger partial charge on any atom is 0.433 e. The average molecular weight is 387 g/mol. The van der Waals surface area contributed by atoms with E-state index in [4.69, 9.17) is 4.74 Å². The predicted octanol–water partition coefficient (Wildman–Crippen LogP) is 4.27. The van der Waals surface area contributed by atoms with Crippen LogP contribution in [0.15, 0.2) is 54.9 Å². The number of pyridine rings is 2. The van der Waals surface area contributed by atoms with E-state index in [9.17, 15) is 18.3 Å². The van der Waals surface area contributed by atoms with Crippen LogP contribution in [0, 0.1) is 0 Å². The first-order chi connectivity index (χ1) is 13.4. The van der Waals surface area contributed by atoms with Gasteiger partial charge in [0.05, 0.1) is 6.54 Å². The second kappa shape index (κ2) is 7.03. The van der Waals surface area contributed by atoms with Crippen molar-refractivity contribution in [3.8, 4) is 22.6 Å². The highest BCUT2D eigenvalue weighted by Crippen LogP contribution is 2.38. The molecule has 0 bridgehead atoms. The molecule has 3 heterocycles. The zero-order chi connectivity index (χ0) is 19.7. The number of anilines is 1. The summed E-state index contributed by atoms with van der Waals surface area (Å²) in [6.07, 6.45) is -1.19. The number of aromatic hydroxyl groups is 1. The number of ether oxygens (including phenoxy) is 1. The quantitative estimate of drug-likeness (QED) is 0.712. The van der Waals surface area contributed by atoms with E-state index in [0.717, 1.165) is 17.2 Å². The minimum absolute atomic E-state index is 0.0183. The van der Waals surface area contributed by atoms with Crippen LogP contribution in [0.1, 0.15) is 11.3 Å². The minimum Gasteiger partial charge on any atom is -0.504 e. The Balaban J connectivity index is 1.71. The van der Waals surface area contributed by atoms with Crippen LogP contribution in [0.2, 0.25) is 0 Å². The summed E-state index contributed by atoms with van der Waals surface area (Å²) >= 11 is 0. The molecular formula is C20H16F3N3O2. The number of alkyl halides is 3. The lowest BCUT2D eigenvalue weighted by Gasteiger charge is -2.22. The van der Waals surface area contributed by atoms with Crippen molar-refractivity contribution in [3.63, 3.8) is 0 Å². The van der Waals surface area contributed by atoms with Gasteiger partial charge >= 0.3 is 6.18 Å². The number of rotatable bonds is 2. The lowest BCUT2D eigenvalue weighted by atomic mass is 10.0. The number of fused-ring (bicyclic) bond motifs is 1. The van der Waals surface area contributed by atoms with Gasteiger partial charge in [0, 0.05) is 30.1 Å². The van der Waals surface area contributed by atoms with Crippen LogP contribution in [-0.4, -0.2) is 28.2 Å². The number of phenols is 1. The third kappa shape index (κ3) is 3.58. The maximum atomic E-state index is 13.0. The van der Waals surface area contributed by atoms with Crippen molar-refractivity contribution < 1.29 is 23.0 Å². The highest BCUT2D eigenvalue weighted by molar-refractivity contribution is 5.68. The van der Waals surface area contributed by atoms with E-state index < -0.39 is 11.9 Å². The van der Waals surface area contributed by atoms with Gasteiger partial charge in [-0.2, -0.15) is 13.2 Å². The molecule has 1 aliphatic heterocycles. The Morgan fingerprint density at radius 2 is 1.93 bits per heavy atom. The summed E-state index contributed by atoms with van der Waals surface area (Å²) in [7, 11) is 0. The largest absolute Gasteiger partial charge is 0.504 e. The summed E-state index contributed by atoms with van der Waals surface area (Å²) in [6, 6.07) is 10.9. The van der Waals surface area contributed by atoms with Gasteiger partial charge < -0.3 is 14.7 Å². The van der Waals surface area contributed by atoms with E-state index in [2.05, 4.69) is 9.97 Å². The van der Waals surface area contributed by atoms with Gasteiger partial charge in [-0.25, -0.2) is 4.98 Å². The molecule has 1 aliphatic rings. The predicted molar refractivity (Wildman–Crippen MR) is 97.1 cm³/mol. The van der Waals surface area contributed by atoms with E-state index >= 15 is 0 Å². The number of aromatic nitrogens is 2. The fourth-order valence-electron chi connectivity index (χ4n) is 3.15. The molecule has 0 amide bonds. The monoisotopic (exact) mass is 387 g/mol. The molecule has 1 N–H and O–H groups in total. The molecule has 5 nitrogen and oxygen atoms in total. The van der Waals surface area contributed by atoms with Crippen LogP contribution in [0.5, 0.6) is 11.5 Å². The van der Waals surface area contributed by atoms with Gasteiger partial charge in [0.1, 0.15) is 18.1 Å². The third-order valence-electron chi connectivity index (χ3n) is 4.46. The van der Waals surface area contributed by atoms with Crippen molar-refractivity contribution in [2.45, 2.75) is 12.7 Å². The standard InChI is InChI=1S/C20H16F3N3O2/c21-20(22,23)17-4-1-5-18(25-17)26-7-8-28-19-15(12-26)9-14(10-16(19)27)13-3-2-6-24-11-13/h1-6,9-11,27H,7-8,12H2. The molecular weight excluding hydrogens is 371 g/mol. The zero-order valence-corrected chi connectivity index (χ0v) is 14.6. The SMILES string of the molecule is Oc1cc(-c2cccnc2)cc2c1OCCN(c1cccc(C(F)(F)F)n1)C2. The molecule has 0 saturated carbocycles. The van der Waals surface area contributed by atoms with Gasteiger partial charge in [-0.3, -0.25) is 4.98 Å². The van der Waals surface area contributed by atoms with Gasteiger partial charge in [-0.1, -0.05) is 12.1 Å². The molecule has 144 valence electrons. The molecule has 0 unspecified atom stereocenters. The molecule has 3 aromatic rings. The first-order valence-corrected chi connectivity index (χ1v) is 8.60. The molecule has 0 aliphatic carbocycles. The molecule has 28 heavy (non-hydrogen) atoms. The fraction of sp³-hybridized carbons (Fsp3) is 0.200. The fourth-order valence-corrected chi connectivity index (χ4v) is 3.15. The number of benzene rings is 1. The molecule has 1 aromatic carbocycles. The number of hydrogen-bond donors (Lipinski definition) is 1. The molecule has 0 saturated heterocycles. The Labute approximate surface area is 159 Å². The van der Waals surface area contributed by atoms with Crippen molar-refractivity contribution in [3.05, 3.63) is 66.1 Å². The normalized spacial score (nSPS) is 14.2. The topological polar surface area (TPSA) is 58.5 Å². The number of phenolic OH excluding ortho intramolecular Hbond substituents is 1. The van der Waals surface area contributed by atoms with E-state index in [1.165, 1.54) is 12.1 Å². The Bertz CT molecular complexity index is 994. The van der Waals surface area contributed by atoms with E-state index in [1.807, 2.05) is 12.1 Å². The maximum absolute atomic E-state index is 13.0. The summed E-state index contributed by atoms with van der Waals surface area (Å²) in [6.45, 7) is 0.806. The summed E-state index contributed by atoms with van der Waals surface area (Å²) < 4.78 is 44.7. The second-order valence-corrected chi connectivity index (χ2v) is 6.37. The van der Waals surface area contributed by atoms with Crippen LogP contribution >= 0.6 is 0 Å². The second-order valence-electron chi connectivity index (χ2n) is 6.37. The van der Waals surface area contributed by atoms with Crippen LogP contribution in [0.3, 0.4) is 0 Å². The van der Waals surface area contributed by atoms with Crippen LogP contribution in [-0.2, 0) is 12.7 Å². The number of halogens is 3. The van der Waals surface area contributed by atoms with Gasteiger partial charge in [-0.05, 0) is 35.9 Å². The van der Waals surface area contributed by atoms with Crippen molar-refractivity contribution in [2.75, 3.05) is 18.1 Å². The molecule has 0 atom stereocenters. The lowest BCUT2D eigenvalue weighted by molar-refractivity contribution is -0.141. The third-order valence-corrected chi connectivity index (χ3v) is 4.46. The van der Waals surface area contributed by atoms with Gasteiger partial charge in [0.15, 0.2) is 11.5 Å². The summed E-state index contributed by atoms with van der Waals surface area (Å²) in [5, 5.41) is 10.4. The van der Waals surface area contributed by atoms with Crippen molar-refractivity contribution in [2.24, 2.45) is 0 Å². The van der Waals surface area contributed by atoms with Gasteiger partial charge in [-0.15, -0.1) is 0 Å².